The van der Waals surface area contributed by atoms with E-state index < -0.39 is 0 Å². The zero-order chi connectivity index (χ0) is 22.9. The summed E-state index contributed by atoms with van der Waals surface area (Å²) in [6.07, 6.45) is 0.736. The molecule has 2 heterocycles. The van der Waals surface area contributed by atoms with Gasteiger partial charge in [-0.15, -0.1) is 28.3 Å². The van der Waals surface area contributed by atoms with Crippen molar-refractivity contribution < 1.29 is 4.39 Å². The minimum atomic E-state index is -0.242. The largest absolute Gasteiger partial charge is 0.231 e. The van der Waals surface area contributed by atoms with Gasteiger partial charge in [-0.1, -0.05) is 78.3 Å². The van der Waals surface area contributed by atoms with Gasteiger partial charge >= 0.3 is 0 Å². The number of halogens is 3. The van der Waals surface area contributed by atoms with Crippen LogP contribution in [0.15, 0.2) is 87.8 Å². The number of hydrogen-bond acceptors (Lipinski definition) is 4. The highest BCUT2D eigenvalue weighted by Gasteiger charge is 2.31. The Balaban J connectivity index is 0.00000274. The monoisotopic (exact) mass is 599 g/mol. The van der Waals surface area contributed by atoms with Crippen LogP contribution < -0.4 is 5.01 Å². The van der Waals surface area contributed by atoms with Crippen LogP contribution in [0.3, 0.4) is 0 Å². The number of hydrazone groups is 1. The van der Waals surface area contributed by atoms with Crippen LogP contribution in [0, 0.1) is 5.82 Å². The van der Waals surface area contributed by atoms with Crippen molar-refractivity contribution in [3.8, 4) is 11.3 Å². The summed E-state index contributed by atoms with van der Waals surface area (Å²) in [5.41, 5.74) is 6.39. The molecule has 0 bridgehead atoms. The fraction of sp³-hybridized carbons (Fsp3) is 0.185. The maximum atomic E-state index is 13.5. The second kappa shape index (κ2) is 10.5. The van der Waals surface area contributed by atoms with Gasteiger partial charge in [0, 0.05) is 21.8 Å². The summed E-state index contributed by atoms with van der Waals surface area (Å²) in [6, 6.07) is 23.6. The van der Waals surface area contributed by atoms with Gasteiger partial charge in [-0.05, 0) is 46.9 Å². The van der Waals surface area contributed by atoms with E-state index in [-0.39, 0.29) is 28.8 Å². The average Bonchev–Trinajstić information content (AvgIpc) is 3.48. The van der Waals surface area contributed by atoms with Crippen LogP contribution in [-0.2, 0) is 0 Å². The van der Waals surface area contributed by atoms with Gasteiger partial charge in [-0.25, -0.2) is 14.4 Å². The molecule has 0 radical (unpaired) electrons. The molecule has 4 aromatic rings. The predicted molar refractivity (Wildman–Crippen MR) is 149 cm³/mol. The average molecular weight is 601 g/mol. The van der Waals surface area contributed by atoms with Crippen molar-refractivity contribution >= 4 is 55.1 Å². The van der Waals surface area contributed by atoms with Crippen LogP contribution in [0.1, 0.15) is 48.9 Å². The predicted octanol–water partition coefficient (Wildman–Crippen LogP) is 8.77. The highest BCUT2D eigenvalue weighted by atomic mass is 79.9. The maximum absolute atomic E-state index is 13.5. The van der Waals surface area contributed by atoms with Crippen molar-refractivity contribution in [3.05, 3.63) is 105 Å². The molecule has 3 nitrogen and oxygen atoms in total. The Hall–Kier alpha value is -2.35. The highest BCUT2D eigenvalue weighted by molar-refractivity contribution is 9.10. The first-order chi connectivity index (χ1) is 16.0. The van der Waals surface area contributed by atoms with Gasteiger partial charge < -0.3 is 0 Å². The summed E-state index contributed by atoms with van der Waals surface area (Å²) >= 11 is 5.08. The molecule has 3 aromatic carbocycles. The molecule has 1 aliphatic heterocycles. The van der Waals surface area contributed by atoms with Crippen molar-refractivity contribution in [1.29, 1.82) is 0 Å². The molecule has 5 rings (SSSR count). The third-order valence-corrected chi connectivity index (χ3v) is 7.26. The third-order valence-electron chi connectivity index (χ3n) is 5.90. The maximum Gasteiger partial charge on any atom is 0.207 e. The molecule has 7 heteroatoms. The molecule has 174 valence electrons. The number of benzene rings is 3. The lowest BCUT2D eigenvalue weighted by molar-refractivity contribution is 0.627. The fourth-order valence-corrected chi connectivity index (χ4v) is 5.09. The first kappa shape index (κ1) is 24.8. The minimum Gasteiger partial charge on any atom is -0.231 e. The number of rotatable bonds is 5. The van der Waals surface area contributed by atoms with E-state index in [4.69, 9.17) is 10.1 Å². The number of hydrogen-bond donors (Lipinski definition) is 0. The molecule has 1 aliphatic rings. The molecule has 1 unspecified atom stereocenters. The zero-order valence-corrected chi connectivity index (χ0v) is 22.9. The van der Waals surface area contributed by atoms with Crippen LogP contribution in [0.2, 0.25) is 0 Å². The fourth-order valence-electron chi connectivity index (χ4n) is 3.99. The first-order valence-electron chi connectivity index (χ1n) is 10.9. The lowest BCUT2D eigenvalue weighted by atomic mass is 9.95. The Bertz CT molecular complexity index is 1280. The molecule has 0 spiro atoms. The van der Waals surface area contributed by atoms with Crippen LogP contribution in [-0.4, -0.2) is 10.7 Å². The number of thiazole rings is 1. The molecule has 0 fully saturated rings. The Kier molecular flexibility index (Phi) is 7.65. The van der Waals surface area contributed by atoms with Crippen LogP contribution in [0.25, 0.3) is 11.3 Å². The van der Waals surface area contributed by atoms with Crippen molar-refractivity contribution in [2.24, 2.45) is 5.10 Å². The standard InChI is InChI=1S/C27H23BrFN3S.BrH/c1-17(2)18-3-5-21(6-4-18)26-15-24(19-9-13-23(29)14-10-19)31-32(26)27-30-25(16-33-27)20-7-11-22(28)12-8-20;/h3-14,16-17,26H,15H2,1-2H3;1H. The molecule has 0 amide bonds. The van der Waals surface area contributed by atoms with Crippen LogP contribution in [0.5, 0.6) is 0 Å². The Labute approximate surface area is 222 Å². The van der Waals surface area contributed by atoms with Gasteiger partial charge in [0.05, 0.1) is 17.4 Å². The number of nitrogens with zero attached hydrogens (tertiary/aromatic N) is 3. The van der Waals surface area contributed by atoms with E-state index in [1.54, 1.807) is 23.5 Å². The molecule has 1 aromatic heterocycles. The summed E-state index contributed by atoms with van der Waals surface area (Å²) in [7, 11) is 0. The zero-order valence-electron chi connectivity index (χ0n) is 18.8. The minimum absolute atomic E-state index is 0. The second-order valence-corrected chi connectivity index (χ2v) is 10.2. The molecule has 0 saturated heterocycles. The second-order valence-electron chi connectivity index (χ2n) is 8.46. The lowest BCUT2D eigenvalue weighted by Gasteiger charge is -2.21. The van der Waals surface area contributed by atoms with E-state index in [0.717, 1.165) is 38.6 Å². The molecule has 34 heavy (non-hydrogen) atoms. The summed E-state index contributed by atoms with van der Waals surface area (Å²) in [4.78, 5) is 4.92. The van der Waals surface area contributed by atoms with E-state index in [1.165, 1.54) is 23.3 Å². The highest BCUT2D eigenvalue weighted by Crippen LogP contribution is 2.39. The molecule has 1 atom stereocenters. The summed E-state index contributed by atoms with van der Waals surface area (Å²) in [5, 5.41) is 9.91. The Morgan fingerprint density at radius 1 is 0.941 bits per heavy atom. The summed E-state index contributed by atoms with van der Waals surface area (Å²) in [6.45, 7) is 4.40. The van der Waals surface area contributed by atoms with Crippen molar-refractivity contribution in [1.82, 2.24) is 4.98 Å². The van der Waals surface area contributed by atoms with Gasteiger partial charge in [0.15, 0.2) is 0 Å². The Morgan fingerprint density at radius 3 is 2.24 bits per heavy atom. The SMILES string of the molecule is Br.CC(C)c1ccc(C2CC(c3ccc(F)cc3)=NN2c2nc(-c3ccc(Br)cc3)cs2)cc1. The van der Waals surface area contributed by atoms with E-state index >= 15 is 0 Å². The topological polar surface area (TPSA) is 28.5 Å². The summed E-state index contributed by atoms with van der Waals surface area (Å²) < 4.78 is 14.5. The quantitative estimate of drug-likeness (QED) is 0.229. The number of anilines is 1. The van der Waals surface area contributed by atoms with Gasteiger partial charge in [0.2, 0.25) is 5.13 Å². The van der Waals surface area contributed by atoms with Crippen molar-refractivity contribution in [2.45, 2.75) is 32.2 Å². The molecule has 0 saturated carbocycles. The lowest BCUT2D eigenvalue weighted by Crippen LogP contribution is -2.18. The third kappa shape index (κ3) is 5.16. The van der Waals surface area contributed by atoms with E-state index in [1.807, 2.05) is 17.1 Å². The van der Waals surface area contributed by atoms with E-state index in [9.17, 15) is 4.39 Å². The summed E-state index contributed by atoms with van der Waals surface area (Å²) in [5.74, 6) is 0.242. The normalized spacial score (nSPS) is 15.4. The molecule has 0 N–H and O–H groups in total. The molecule has 0 aliphatic carbocycles. The van der Waals surface area contributed by atoms with Crippen molar-refractivity contribution in [3.63, 3.8) is 0 Å². The van der Waals surface area contributed by atoms with E-state index in [2.05, 4.69) is 71.6 Å². The van der Waals surface area contributed by atoms with Gasteiger partial charge in [0.25, 0.3) is 0 Å². The smallest absolute Gasteiger partial charge is 0.207 e. The Morgan fingerprint density at radius 2 is 1.59 bits per heavy atom. The molecular weight excluding hydrogens is 577 g/mol. The van der Waals surface area contributed by atoms with E-state index in [0.29, 0.717) is 5.92 Å². The first-order valence-corrected chi connectivity index (χ1v) is 12.6. The van der Waals surface area contributed by atoms with Crippen molar-refractivity contribution in [2.75, 3.05) is 5.01 Å². The number of aromatic nitrogens is 1. The molecular formula is C27H24Br2FN3S. The van der Waals surface area contributed by atoms with Gasteiger partial charge in [0.1, 0.15) is 5.82 Å². The van der Waals surface area contributed by atoms with Crippen LogP contribution in [0.4, 0.5) is 9.52 Å². The van der Waals surface area contributed by atoms with Gasteiger partial charge in [-0.2, -0.15) is 5.10 Å². The van der Waals surface area contributed by atoms with Gasteiger partial charge in [-0.3, -0.25) is 0 Å². The van der Waals surface area contributed by atoms with Crippen LogP contribution >= 0.6 is 44.2 Å².